The standard InChI is InChI=1S/C24H28FN5O2/c1-30(2)23-20-5-3-4-6-21(20)28-24(29-23)27-18-11-9-17(10-12-18)26-22(31)15-32-19-13-7-16(25)8-14-19/h3-8,13-14,17-18H,9-12,15H2,1-2H3,(H,26,31)(H,27,28,29). The molecule has 1 aliphatic carbocycles. The Kier molecular flexibility index (Phi) is 6.68. The van der Waals surface area contributed by atoms with E-state index in [9.17, 15) is 9.18 Å². The van der Waals surface area contributed by atoms with Crippen LogP contribution in [0.15, 0.2) is 48.5 Å². The summed E-state index contributed by atoms with van der Waals surface area (Å²) in [7, 11) is 3.96. The summed E-state index contributed by atoms with van der Waals surface area (Å²) in [6, 6.07) is 14.0. The SMILES string of the molecule is CN(C)c1nc(NC2CCC(NC(=O)COc3ccc(F)cc3)CC2)nc2ccccc12. The Morgan fingerprint density at radius 2 is 1.72 bits per heavy atom. The van der Waals surface area contributed by atoms with Crippen LogP contribution in [0.4, 0.5) is 16.2 Å². The zero-order valence-electron chi connectivity index (χ0n) is 18.3. The zero-order chi connectivity index (χ0) is 22.5. The number of aromatic nitrogens is 2. The van der Waals surface area contributed by atoms with Crippen molar-refractivity contribution in [2.24, 2.45) is 0 Å². The third kappa shape index (κ3) is 5.43. The molecule has 0 atom stereocenters. The highest BCUT2D eigenvalue weighted by molar-refractivity contribution is 5.90. The molecule has 2 N–H and O–H groups in total. The minimum atomic E-state index is -0.334. The van der Waals surface area contributed by atoms with Crippen LogP contribution in [0, 0.1) is 5.82 Å². The van der Waals surface area contributed by atoms with Gasteiger partial charge in [-0.25, -0.2) is 9.37 Å². The van der Waals surface area contributed by atoms with E-state index >= 15 is 0 Å². The number of fused-ring (bicyclic) bond motifs is 1. The van der Waals surface area contributed by atoms with Crippen LogP contribution in [-0.4, -0.2) is 48.7 Å². The van der Waals surface area contributed by atoms with Gasteiger partial charge in [0.05, 0.1) is 5.52 Å². The number of hydrogen-bond donors (Lipinski definition) is 2. The van der Waals surface area contributed by atoms with Crippen molar-refractivity contribution in [2.75, 3.05) is 30.9 Å². The molecule has 1 aromatic heterocycles. The summed E-state index contributed by atoms with van der Waals surface area (Å²) in [5.41, 5.74) is 0.913. The third-order valence-electron chi connectivity index (χ3n) is 5.62. The molecule has 168 valence electrons. The van der Waals surface area contributed by atoms with Gasteiger partial charge in [0.2, 0.25) is 5.95 Å². The minimum Gasteiger partial charge on any atom is -0.484 e. The molecule has 8 heteroatoms. The number of rotatable bonds is 7. The molecule has 3 aromatic rings. The fourth-order valence-electron chi connectivity index (χ4n) is 3.98. The molecule has 1 heterocycles. The van der Waals surface area contributed by atoms with Gasteiger partial charge in [0, 0.05) is 31.6 Å². The lowest BCUT2D eigenvalue weighted by Gasteiger charge is -2.30. The second-order valence-electron chi connectivity index (χ2n) is 8.29. The zero-order valence-corrected chi connectivity index (χ0v) is 18.3. The second kappa shape index (κ2) is 9.80. The van der Waals surface area contributed by atoms with Crippen molar-refractivity contribution in [1.29, 1.82) is 0 Å². The highest BCUT2D eigenvalue weighted by Crippen LogP contribution is 2.26. The number of nitrogens with zero attached hydrogens (tertiary/aromatic N) is 3. The summed E-state index contributed by atoms with van der Waals surface area (Å²) in [4.78, 5) is 23.6. The average Bonchev–Trinajstić information content (AvgIpc) is 2.79. The summed E-state index contributed by atoms with van der Waals surface area (Å²) in [6.07, 6.45) is 3.57. The summed E-state index contributed by atoms with van der Waals surface area (Å²) >= 11 is 0. The van der Waals surface area contributed by atoms with E-state index in [1.165, 1.54) is 24.3 Å². The average molecular weight is 438 g/mol. The number of nitrogens with one attached hydrogen (secondary N) is 2. The van der Waals surface area contributed by atoms with Crippen molar-refractivity contribution in [1.82, 2.24) is 15.3 Å². The Hall–Kier alpha value is -3.42. The number of ether oxygens (including phenoxy) is 1. The lowest BCUT2D eigenvalue weighted by atomic mass is 9.91. The van der Waals surface area contributed by atoms with Crippen molar-refractivity contribution < 1.29 is 13.9 Å². The van der Waals surface area contributed by atoms with E-state index in [4.69, 9.17) is 9.72 Å². The number of benzene rings is 2. The molecule has 0 saturated heterocycles. The van der Waals surface area contributed by atoms with Crippen molar-refractivity contribution in [3.05, 3.63) is 54.3 Å². The maximum Gasteiger partial charge on any atom is 0.258 e. The molecule has 1 amide bonds. The van der Waals surface area contributed by atoms with Gasteiger partial charge in [0.15, 0.2) is 6.61 Å². The molecule has 2 aromatic carbocycles. The van der Waals surface area contributed by atoms with Crippen LogP contribution >= 0.6 is 0 Å². The molecular weight excluding hydrogens is 409 g/mol. The van der Waals surface area contributed by atoms with Crippen LogP contribution in [0.5, 0.6) is 5.75 Å². The molecule has 4 rings (SSSR count). The first-order chi connectivity index (χ1) is 15.5. The van der Waals surface area contributed by atoms with Gasteiger partial charge in [-0.1, -0.05) is 12.1 Å². The van der Waals surface area contributed by atoms with E-state index < -0.39 is 0 Å². The molecule has 0 spiro atoms. The topological polar surface area (TPSA) is 79.4 Å². The van der Waals surface area contributed by atoms with E-state index in [1.54, 1.807) is 0 Å². The van der Waals surface area contributed by atoms with Gasteiger partial charge in [-0.05, 0) is 62.1 Å². The Labute approximate surface area is 187 Å². The van der Waals surface area contributed by atoms with Gasteiger partial charge in [-0.2, -0.15) is 4.98 Å². The van der Waals surface area contributed by atoms with Crippen LogP contribution < -0.4 is 20.3 Å². The van der Waals surface area contributed by atoms with Gasteiger partial charge in [-0.15, -0.1) is 0 Å². The Morgan fingerprint density at radius 1 is 1.03 bits per heavy atom. The van der Waals surface area contributed by atoms with Crippen molar-refractivity contribution in [3.8, 4) is 5.75 Å². The first-order valence-electron chi connectivity index (χ1n) is 10.9. The van der Waals surface area contributed by atoms with Gasteiger partial charge in [0.25, 0.3) is 5.91 Å². The summed E-state index contributed by atoms with van der Waals surface area (Å²) < 4.78 is 18.4. The third-order valence-corrected chi connectivity index (χ3v) is 5.62. The highest BCUT2D eigenvalue weighted by Gasteiger charge is 2.23. The van der Waals surface area contributed by atoms with Gasteiger partial charge in [0.1, 0.15) is 17.4 Å². The smallest absolute Gasteiger partial charge is 0.258 e. The number of anilines is 2. The summed E-state index contributed by atoms with van der Waals surface area (Å²) in [5, 5.41) is 7.53. The van der Waals surface area contributed by atoms with E-state index in [2.05, 4.69) is 15.6 Å². The van der Waals surface area contributed by atoms with Crippen LogP contribution in [0.2, 0.25) is 0 Å². The molecule has 0 bridgehead atoms. The molecule has 1 aliphatic rings. The van der Waals surface area contributed by atoms with E-state index in [1.807, 2.05) is 43.3 Å². The molecule has 1 fully saturated rings. The monoisotopic (exact) mass is 437 g/mol. The van der Waals surface area contributed by atoms with Gasteiger partial charge in [-0.3, -0.25) is 4.79 Å². The Bertz CT molecular complexity index is 1070. The predicted molar refractivity (Wildman–Crippen MR) is 124 cm³/mol. The number of halogens is 1. The second-order valence-corrected chi connectivity index (χ2v) is 8.29. The number of amides is 1. The Morgan fingerprint density at radius 3 is 2.44 bits per heavy atom. The maximum atomic E-state index is 12.9. The molecule has 32 heavy (non-hydrogen) atoms. The Balaban J connectivity index is 1.27. The van der Waals surface area contributed by atoms with Crippen LogP contribution in [-0.2, 0) is 4.79 Å². The molecule has 0 radical (unpaired) electrons. The van der Waals surface area contributed by atoms with Gasteiger partial charge < -0.3 is 20.3 Å². The maximum absolute atomic E-state index is 12.9. The van der Waals surface area contributed by atoms with E-state index in [0.29, 0.717) is 11.7 Å². The quantitative estimate of drug-likeness (QED) is 0.586. The summed E-state index contributed by atoms with van der Waals surface area (Å²) in [6.45, 7) is -0.0813. The molecular formula is C24H28FN5O2. The normalized spacial score (nSPS) is 18.2. The number of carbonyl (C=O) groups excluding carboxylic acids is 1. The van der Waals surface area contributed by atoms with Crippen molar-refractivity contribution in [3.63, 3.8) is 0 Å². The summed E-state index contributed by atoms with van der Waals surface area (Å²) in [5.74, 6) is 1.49. The molecule has 1 saturated carbocycles. The first kappa shape index (κ1) is 21.8. The molecule has 0 aliphatic heterocycles. The van der Waals surface area contributed by atoms with Crippen LogP contribution in [0.3, 0.4) is 0 Å². The fraction of sp³-hybridized carbons (Fsp3) is 0.375. The van der Waals surface area contributed by atoms with E-state index in [-0.39, 0.29) is 30.4 Å². The van der Waals surface area contributed by atoms with Crippen LogP contribution in [0.25, 0.3) is 10.9 Å². The first-order valence-corrected chi connectivity index (χ1v) is 10.9. The fourth-order valence-corrected chi connectivity index (χ4v) is 3.98. The van der Waals surface area contributed by atoms with Crippen LogP contribution in [0.1, 0.15) is 25.7 Å². The molecule has 7 nitrogen and oxygen atoms in total. The number of carbonyl (C=O) groups is 1. The van der Waals surface area contributed by atoms with Crippen molar-refractivity contribution in [2.45, 2.75) is 37.8 Å². The highest BCUT2D eigenvalue weighted by atomic mass is 19.1. The molecule has 0 unspecified atom stereocenters. The lowest BCUT2D eigenvalue weighted by molar-refractivity contribution is -0.124. The van der Waals surface area contributed by atoms with Gasteiger partial charge >= 0.3 is 0 Å². The van der Waals surface area contributed by atoms with E-state index in [0.717, 1.165) is 42.4 Å². The predicted octanol–water partition coefficient (Wildman–Crippen LogP) is 3.75. The minimum absolute atomic E-state index is 0.0813. The largest absolute Gasteiger partial charge is 0.484 e. The van der Waals surface area contributed by atoms with Crippen molar-refractivity contribution >= 4 is 28.6 Å². The number of hydrogen-bond acceptors (Lipinski definition) is 6. The number of para-hydroxylation sites is 1. The lowest BCUT2D eigenvalue weighted by Crippen LogP contribution is -2.42.